The van der Waals surface area contributed by atoms with E-state index in [1.54, 1.807) is 0 Å². The Morgan fingerprint density at radius 1 is 1.00 bits per heavy atom. The van der Waals surface area contributed by atoms with Crippen LogP contribution in [0.4, 0.5) is 0 Å². The van der Waals surface area contributed by atoms with Crippen LogP contribution in [0, 0.1) is 0 Å². The fourth-order valence-electron chi connectivity index (χ4n) is 0. The van der Waals surface area contributed by atoms with E-state index in [0.29, 0.717) is 0 Å². The van der Waals surface area contributed by atoms with Gasteiger partial charge in [-0.3, -0.25) is 0 Å². The molecular weight excluding hydrogens is 126 g/mol. The Hall–Kier alpha value is 0.785. The molecule has 0 fully saturated rings. The van der Waals surface area contributed by atoms with Gasteiger partial charge in [0.2, 0.25) is 0 Å². The summed E-state index contributed by atoms with van der Waals surface area (Å²) in [5, 5.41) is 0. The summed E-state index contributed by atoms with van der Waals surface area (Å²) in [6.07, 6.45) is 0. The van der Waals surface area contributed by atoms with Crippen molar-refractivity contribution in [2.75, 3.05) is 0 Å². The molecule has 0 heterocycles. The first-order valence-corrected chi connectivity index (χ1v) is 1.71. The van der Waals surface area contributed by atoms with E-state index < -0.39 is 0 Å². The van der Waals surface area contributed by atoms with Gasteiger partial charge < -0.3 is 11.0 Å². The second-order valence-electron chi connectivity index (χ2n) is 0. The van der Waals surface area contributed by atoms with Crippen LogP contribution in [0.3, 0.4) is 0 Å². The maximum atomic E-state index is 8.17. The molecule has 0 aliphatic rings. The van der Waals surface area contributed by atoms with Gasteiger partial charge >= 0.3 is 20.0 Å². The molecule has 0 unspecified atom stereocenters. The molecule has 0 atom stereocenters. The summed E-state index contributed by atoms with van der Waals surface area (Å²) in [5.74, 6) is 0. The molecule has 0 bridgehead atoms. The van der Waals surface area contributed by atoms with Gasteiger partial charge in [0.25, 0.3) is 0 Å². The monoisotopic (exact) mass is 136 g/mol. The van der Waals surface area contributed by atoms with Gasteiger partial charge in [0.05, 0.1) is 0 Å². The molecule has 5 heteroatoms. The van der Waals surface area contributed by atoms with Crippen LogP contribution in [-0.4, -0.2) is 44.5 Å². The molecule has 0 saturated carbocycles. The van der Waals surface area contributed by atoms with Gasteiger partial charge in [-0.05, 0) is 0 Å². The van der Waals surface area contributed by atoms with E-state index in [4.69, 9.17) is 3.80 Å². The van der Waals surface area contributed by atoms with Crippen molar-refractivity contribution in [3.05, 3.63) is 0 Å². The topological polar surface area (TPSA) is 80.1 Å². The fourth-order valence-corrected chi connectivity index (χ4v) is 0. The van der Waals surface area contributed by atoms with Gasteiger partial charge in [-0.25, -0.2) is 0 Å². The van der Waals surface area contributed by atoms with Crippen molar-refractivity contribution in [2.24, 2.45) is 0 Å². The summed E-state index contributed by atoms with van der Waals surface area (Å²) in [7, 11) is 0. The van der Waals surface area contributed by atoms with E-state index in [-0.39, 0.29) is 28.3 Å². The van der Waals surface area contributed by atoms with Crippen molar-refractivity contribution < 1.29 is 14.8 Å². The predicted molar refractivity (Wildman–Crippen MR) is 30.8 cm³/mol. The fraction of sp³-hybridized carbons (Fsp3) is 1.00. The van der Waals surface area contributed by atoms with Crippen LogP contribution in [0.1, 0.15) is 13.8 Å². The first-order chi connectivity index (χ1) is 2.00. The molecule has 0 aromatic heterocycles. The molecule has 0 amide bonds. The van der Waals surface area contributed by atoms with E-state index in [0.717, 1.165) is 0 Å². The SMILES string of the molecule is CC.O.O.[Al].[O]=[Al]. The molecule has 3 nitrogen and oxygen atoms in total. The molecule has 0 aliphatic heterocycles. The van der Waals surface area contributed by atoms with E-state index >= 15 is 0 Å². The number of hydrogen-bond acceptors (Lipinski definition) is 1. The summed E-state index contributed by atoms with van der Waals surface area (Å²) in [4.78, 5) is 0. The van der Waals surface area contributed by atoms with Crippen molar-refractivity contribution in [2.45, 2.75) is 13.8 Å². The Balaban J connectivity index is -0.00000000267. The van der Waals surface area contributed by atoms with Crippen molar-refractivity contribution in [3.63, 3.8) is 0 Å². The van der Waals surface area contributed by atoms with Gasteiger partial charge in [0.15, 0.2) is 0 Å². The predicted octanol–water partition coefficient (Wildman–Crippen LogP) is -1.50. The maximum absolute atomic E-state index is 8.17. The van der Waals surface area contributed by atoms with E-state index in [2.05, 4.69) is 0 Å². The normalized spacial score (nSPS) is 1.29. The second-order valence-corrected chi connectivity index (χ2v) is 0. The zero-order chi connectivity index (χ0) is 4.00. The van der Waals surface area contributed by atoms with Crippen molar-refractivity contribution >= 4 is 33.6 Å². The summed E-state index contributed by atoms with van der Waals surface area (Å²) in [6.45, 7) is 4.00. The number of hydrogen-bond donors (Lipinski definition) is 0. The molecule has 42 valence electrons. The minimum atomic E-state index is 0. The minimum absolute atomic E-state index is 0. The molecule has 0 saturated heterocycles. The Morgan fingerprint density at radius 3 is 1.00 bits per heavy atom. The molecule has 7 heavy (non-hydrogen) atoms. The first-order valence-electron chi connectivity index (χ1n) is 1.24. The summed E-state index contributed by atoms with van der Waals surface area (Å²) < 4.78 is 8.17. The average molecular weight is 136 g/mol. The molecule has 0 aromatic rings. The standard InChI is InChI=1S/C2H6.2Al.2H2O.O/c1-2;;;;;/h1-2H3;;;2*1H2;. The Labute approximate surface area is 62.5 Å². The Bertz CT molecular complexity index is 10.9. The third-order valence-corrected chi connectivity index (χ3v) is 0. The molecule has 0 aliphatic carbocycles. The molecule has 0 spiro atoms. The van der Waals surface area contributed by atoms with Crippen molar-refractivity contribution in [3.8, 4) is 0 Å². The van der Waals surface area contributed by atoms with Gasteiger partial charge in [0.1, 0.15) is 0 Å². The van der Waals surface area contributed by atoms with E-state index in [9.17, 15) is 0 Å². The van der Waals surface area contributed by atoms with E-state index in [1.807, 2.05) is 13.8 Å². The van der Waals surface area contributed by atoms with Gasteiger partial charge in [-0.1, -0.05) is 13.8 Å². The van der Waals surface area contributed by atoms with Crippen LogP contribution in [-0.2, 0) is 3.80 Å². The molecule has 0 aromatic carbocycles. The van der Waals surface area contributed by atoms with Gasteiger partial charge in [0, 0.05) is 17.4 Å². The molecule has 0 rings (SSSR count). The average Bonchev–Trinajstić information content (AvgIpc) is 1.50. The van der Waals surface area contributed by atoms with Crippen molar-refractivity contribution in [1.82, 2.24) is 0 Å². The summed E-state index contributed by atoms with van der Waals surface area (Å²) in [5.41, 5.74) is 0. The second kappa shape index (κ2) is 369. The third-order valence-electron chi connectivity index (χ3n) is 0. The van der Waals surface area contributed by atoms with Gasteiger partial charge in [-0.2, -0.15) is 0 Å². The zero-order valence-electron chi connectivity index (χ0n) is 4.56. The summed E-state index contributed by atoms with van der Waals surface area (Å²) in [6, 6.07) is 0. The summed E-state index contributed by atoms with van der Waals surface area (Å²) >= 11 is 1.17. The van der Waals surface area contributed by atoms with Crippen LogP contribution in [0.15, 0.2) is 0 Å². The quantitative estimate of drug-likeness (QED) is 0.373. The van der Waals surface area contributed by atoms with Gasteiger partial charge in [-0.15, -0.1) is 0 Å². The Kier molecular flexibility index (Phi) is 2430. The van der Waals surface area contributed by atoms with Crippen LogP contribution >= 0.6 is 0 Å². The van der Waals surface area contributed by atoms with Crippen LogP contribution in [0.25, 0.3) is 0 Å². The number of rotatable bonds is 0. The van der Waals surface area contributed by atoms with Crippen LogP contribution in [0.2, 0.25) is 0 Å². The molecular formula is C2H10Al2O3. The molecule has 4 radical (unpaired) electrons. The van der Waals surface area contributed by atoms with E-state index in [1.165, 1.54) is 16.2 Å². The van der Waals surface area contributed by atoms with Crippen LogP contribution in [0.5, 0.6) is 0 Å². The zero-order valence-corrected chi connectivity index (χ0v) is 6.87. The molecule has 4 N–H and O–H groups in total. The first kappa shape index (κ1) is 46.2. The van der Waals surface area contributed by atoms with Crippen LogP contribution < -0.4 is 0 Å². The Morgan fingerprint density at radius 2 is 1.00 bits per heavy atom. The third kappa shape index (κ3) is 252. The van der Waals surface area contributed by atoms with Crippen molar-refractivity contribution in [1.29, 1.82) is 0 Å².